The molecule has 0 aliphatic carbocycles. The Morgan fingerprint density at radius 1 is 1.11 bits per heavy atom. The maximum absolute atomic E-state index is 11.4. The Bertz CT molecular complexity index is 1210. The molecule has 7 nitrogen and oxygen atoms in total. The number of thioether (sulfide) groups is 1. The highest BCUT2D eigenvalue weighted by atomic mass is 32.2. The van der Waals surface area contributed by atoms with Crippen LogP contribution in [0, 0.1) is 11.8 Å². The van der Waals surface area contributed by atoms with Crippen LogP contribution in [0.15, 0.2) is 59.6 Å². The third-order valence-electron chi connectivity index (χ3n) is 7.57. The number of aliphatic hydroxyl groups excluding tert-OH is 1. The summed E-state index contributed by atoms with van der Waals surface area (Å²) in [5, 5.41) is 21.4. The van der Waals surface area contributed by atoms with Gasteiger partial charge in [-0.3, -0.25) is 9.78 Å². The molecule has 204 valence electrons. The Morgan fingerprint density at radius 2 is 1.92 bits per heavy atom. The average Bonchev–Trinajstić information content (AvgIpc) is 2.94. The summed E-state index contributed by atoms with van der Waals surface area (Å²) in [4.78, 5) is 19.4. The molecule has 2 heterocycles. The summed E-state index contributed by atoms with van der Waals surface area (Å²) in [6.45, 7) is 2.87. The van der Waals surface area contributed by atoms with Gasteiger partial charge in [-0.15, -0.1) is 11.8 Å². The van der Waals surface area contributed by atoms with Crippen molar-refractivity contribution in [1.29, 1.82) is 0 Å². The van der Waals surface area contributed by atoms with Crippen LogP contribution >= 0.6 is 11.8 Å². The fraction of sp³-hybridized carbons (Fsp3) is 0.467. The van der Waals surface area contributed by atoms with Crippen molar-refractivity contribution in [3.8, 4) is 11.5 Å². The fourth-order valence-electron chi connectivity index (χ4n) is 5.45. The molecule has 38 heavy (non-hydrogen) atoms. The van der Waals surface area contributed by atoms with Gasteiger partial charge in [-0.05, 0) is 92.1 Å². The molecule has 0 amide bonds. The number of aliphatic carboxylic acids is 1. The first-order chi connectivity index (χ1) is 18.5. The minimum absolute atomic E-state index is 0.185. The van der Waals surface area contributed by atoms with Crippen LogP contribution < -0.4 is 9.47 Å². The first-order valence-corrected chi connectivity index (χ1v) is 14.3. The predicted molar refractivity (Wildman–Crippen MR) is 151 cm³/mol. The second kappa shape index (κ2) is 13.8. The summed E-state index contributed by atoms with van der Waals surface area (Å²) < 4.78 is 10.7. The van der Waals surface area contributed by atoms with Crippen molar-refractivity contribution in [2.75, 3.05) is 39.6 Å². The van der Waals surface area contributed by atoms with E-state index >= 15 is 0 Å². The molecule has 1 aromatic heterocycles. The minimum Gasteiger partial charge on any atom is -0.497 e. The number of aliphatic hydroxyl groups is 1. The van der Waals surface area contributed by atoms with E-state index in [1.54, 1.807) is 20.4 Å². The van der Waals surface area contributed by atoms with Crippen molar-refractivity contribution in [3.63, 3.8) is 0 Å². The number of carbonyl (C=O) groups is 1. The lowest BCUT2D eigenvalue weighted by molar-refractivity contribution is -0.137. The van der Waals surface area contributed by atoms with Crippen LogP contribution in [0.2, 0.25) is 0 Å². The van der Waals surface area contributed by atoms with Crippen LogP contribution in [0.25, 0.3) is 10.9 Å². The third kappa shape index (κ3) is 7.62. The molecule has 0 spiro atoms. The summed E-state index contributed by atoms with van der Waals surface area (Å²) in [6.07, 6.45) is 4.51. The number of methoxy groups -OCH3 is 2. The van der Waals surface area contributed by atoms with Crippen LogP contribution in [0.4, 0.5) is 0 Å². The number of nitrogens with zero attached hydrogens (tertiary/aromatic N) is 2. The molecule has 1 fully saturated rings. The van der Waals surface area contributed by atoms with Gasteiger partial charge in [0.25, 0.3) is 0 Å². The third-order valence-corrected chi connectivity index (χ3v) is 8.55. The van der Waals surface area contributed by atoms with Gasteiger partial charge in [0.2, 0.25) is 0 Å². The SMILES string of the molecule is COc1cccc(SCCN2CC[C@@H](CCC(O)c3ccnc4ccc(OC)cc34)[C@@H](CCC(=O)O)C2)c1. The zero-order chi connectivity index (χ0) is 26.9. The molecule has 8 heteroatoms. The van der Waals surface area contributed by atoms with E-state index in [0.29, 0.717) is 24.7 Å². The van der Waals surface area contributed by atoms with Crippen molar-refractivity contribution in [3.05, 3.63) is 60.3 Å². The number of aromatic nitrogens is 1. The van der Waals surface area contributed by atoms with Crippen LogP contribution in [0.3, 0.4) is 0 Å². The Morgan fingerprint density at radius 3 is 2.71 bits per heavy atom. The molecule has 1 aliphatic heterocycles. The summed E-state index contributed by atoms with van der Waals surface area (Å²) >= 11 is 1.82. The standard InChI is InChI=1S/C30H38N2O5S/c1-36-23-4-3-5-25(18-23)38-17-16-32-15-13-21(22(20-32)7-11-30(34)35)6-10-29(33)26-12-14-31-28-9-8-24(37-2)19-27(26)28/h3-5,8-9,12,14,18-19,21-22,29,33H,6-7,10-11,13,15-17,20H2,1-2H3,(H,34,35)/t21-,22+,29?/m1/s1. The molecule has 0 bridgehead atoms. The highest BCUT2D eigenvalue weighted by Gasteiger charge is 2.30. The van der Waals surface area contributed by atoms with E-state index in [4.69, 9.17) is 9.47 Å². The number of carboxylic acid groups (broad SMARTS) is 1. The Kier molecular flexibility index (Phi) is 10.3. The van der Waals surface area contributed by atoms with E-state index in [0.717, 1.165) is 66.2 Å². The molecule has 3 atom stereocenters. The van der Waals surface area contributed by atoms with E-state index in [9.17, 15) is 15.0 Å². The largest absolute Gasteiger partial charge is 0.497 e. The zero-order valence-electron chi connectivity index (χ0n) is 22.2. The Hall–Kier alpha value is -2.81. The highest BCUT2D eigenvalue weighted by molar-refractivity contribution is 7.99. The van der Waals surface area contributed by atoms with Crippen LogP contribution in [0.1, 0.15) is 43.8 Å². The molecule has 1 saturated heterocycles. The van der Waals surface area contributed by atoms with Gasteiger partial charge in [-0.1, -0.05) is 6.07 Å². The monoisotopic (exact) mass is 538 g/mol. The first-order valence-electron chi connectivity index (χ1n) is 13.3. The van der Waals surface area contributed by atoms with Gasteiger partial charge in [-0.25, -0.2) is 0 Å². The van der Waals surface area contributed by atoms with Crippen LogP contribution in [-0.4, -0.2) is 65.7 Å². The van der Waals surface area contributed by atoms with Gasteiger partial charge in [0, 0.05) is 41.7 Å². The lowest BCUT2D eigenvalue weighted by atomic mass is 9.79. The summed E-state index contributed by atoms with van der Waals surface area (Å²) in [5.74, 6) is 2.54. The molecule has 1 unspecified atom stereocenters. The van der Waals surface area contributed by atoms with Crippen molar-refractivity contribution in [1.82, 2.24) is 9.88 Å². The number of pyridine rings is 1. The number of ether oxygens (including phenoxy) is 2. The number of carboxylic acids is 1. The van der Waals surface area contributed by atoms with E-state index < -0.39 is 12.1 Å². The summed E-state index contributed by atoms with van der Waals surface area (Å²) in [6, 6.07) is 15.7. The number of fused-ring (bicyclic) bond motifs is 1. The maximum atomic E-state index is 11.4. The molecule has 1 aliphatic rings. The normalized spacial score (nSPS) is 18.8. The Labute approximate surface area is 229 Å². The highest BCUT2D eigenvalue weighted by Crippen LogP contribution is 2.35. The second-order valence-corrected chi connectivity index (χ2v) is 11.1. The topological polar surface area (TPSA) is 92.1 Å². The van der Waals surface area contributed by atoms with Gasteiger partial charge in [-0.2, -0.15) is 0 Å². The maximum Gasteiger partial charge on any atom is 0.303 e. The lowest BCUT2D eigenvalue weighted by Crippen LogP contribution is -2.41. The zero-order valence-corrected chi connectivity index (χ0v) is 23.0. The van der Waals surface area contributed by atoms with Gasteiger partial charge < -0.3 is 24.6 Å². The lowest BCUT2D eigenvalue weighted by Gasteiger charge is -2.39. The van der Waals surface area contributed by atoms with Gasteiger partial charge >= 0.3 is 5.97 Å². The molecule has 2 aromatic carbocycles. The minimum atomic E-state index is -0.744. The van der Waals surface area contributed by atoms with Crippen LogP contribution in [0.5, 0.6) is 11.5 Å². The van der Waals surface area contributed by atoms with E-state index in [-0.39, 0.29) is 6.42 Å². The smallest absolute Gasteiger partial charge is 0.303 e. The molecule has 4 rings (SSSR count). The van der Waals surface area contributed by atoms with Crippen molar-refractivity contribution in [2.24, 2.45) is 11.8 Å². The fourth-order valence-corrected chi connectivity index (χ4v) is 6.41. The van der Waals surface area contributed by atoms with Gasteiger partial charge in [0.1, 0.15) is 11.5 Å². The van der Waals surface area contributed by atoms with E-state index in [1.165, 1.54) is 4.90 Å². The number of hydrogen-bond acceptors (Lipinski definition) is 7. The molecular weight excluding hydrogens is 500 g/mol. The van der Waals surface area contributed by atoms with Crippen molar-refractivity contribution >= 4 is 28.6 Å². The van der Waals surface area contributed by atoms with E-state index in [2.05, 4.69) is 22.0 Å². The average molecular weight is 539 g/mol. The first kappa shape index (κ1) is 28.2. The van der Waals surface area contributed by atoms with E-state index in [1.807, 2.05) is 48.2 Å². The number of hydrogen-bond donors (Lipinski definition) is 2. The summed E-state index contributed by atoms with van der Waals surface area (Å²) in [5.41, 5.74) is 1.70. The van der Waals surface area contributed by atoms with Crippen molar-refractivity contribution < 1.29 is 24.5 Å². The summed E-state index contributed by atoms with van der Waals surface area (Å²) in [7, 11) is 3.31. The number of benzene rings is 2. The Balaban J connectivity index is 1.34. The number of likely N-dealkylation sites (tertiary alicyclic amines) is 1. The quantitative estimate of drug-likeness (QED) is 0.269. The molecule has 2 N–H and O–H groups in total. The molecule has 0 saturated carbocycles. The molecule has 3 aromatic rings. The van der Waals surface area contributed by atoms with Gasteiger partial charge in [0.05, 0.1) is 25.8 Å². The van der Waals surface area contributed by atoms with Gasteiger partial charge in [0.15, 0.2) is 0 Å². The van der Waals surface area contributed by atoms with Crippen molar-refractivity contribution in [2.45, 2.75) is 43.1 Å². The molecular formula is C30H38N2O5S. The second-order valence-electron chi connectivity index (χ2n) is 9.95. The van der Waals surface area contributed by atoms with Crippen LogP contribution in [-0.2, 0) is 4.79 Å². The number of rotatable bonds is 13. The molecule has 0 radical (unpaired) electrons. The predicted octanol–water partition coefficient (Wildman–Crippen LogP) is 5.66. The number of piperidine rings is 1.